The average Bonchev–Trinajstić information content (AvgIpc) is 2.80. The zero-order valence-corrected chi connectivity index (χ0v) is 12.1. The Morgan fingerprint density at radius 3 is 2.83 bits per heavy atom. The summed E-state index contributed by atoms with van der Waals surface area (Å²) < 4.78 is 7.61. The lowest BCUT2D eigenvalue weighted by Crippen LogP contribution is -2.20. The number of nitrogens with one attached hydrogen (secondary N) is 1. The average molecular weight is 253 g/mol. The molecule has 0 radical (unpaired) electrons. The Hall–Kier alpha value is -0.870. The van der Waals surface area contributed by atoms with Crippen molar-refractivity contribution in [2.24, 2.45) is 0 Å². The highest BCUT2D eigenvalue weighted by atomic mass is 16.5. The molecule has 1 N–H and O–H groups in total. The van der Waals surface area contributed by atoms with Gasteiger partial charge in [0.25, 0.3) is 0 Å². The van der Waals surface area contributed by atoms with E-state index in [0.717, 1.165) is 32.5 Å². The lowest BCUT2D eigenvalue weighted by Gasteiger charge is -2.14. The van der Waals surface area contributed by atoms with Crippen LogP contribution in [0.5, 0.6) is 0 Å². The predicted octanol–water partition coefficient (Wildman–Crippen LogP) is 2.76. The molecule has 0 unspecified atom stereocenters. The lowest BCUT2D eigenvalue weighted by atomic mass is 10.2. The van der Waals surface area contributed by atoms with E-state index >= 15 is 0 Å². The van der Waals surface area contributed by atoms with Gasteiger partial charge in [-0.1, -0.05) is 6.92 Å². The van der Waals surface area contributed by atoms with E-state index in [4.69, 9.17) is 4.74 Å². The van der Waals surface area contributed by atoms with Crippen LogP contribution in [0.4, 0.5) is 0 Å². The molecule has 1 rings (SSSR count). The van der Waals surface area contributed by atoms with Crippen molar-refractivity contribution in [2.45, 2.75) is 59.2 Å². The molecule has 0 aliphatic carbocycles. The monoisotopic (exact) mass is 253 g/mol. The second kappa shape index (κ2) is 8.27. The summed E-state index contributed by atoms with van der Waals surface area (Å²) >= 11 is 0. The summed E-state index contributed by atoms with van der Waals surface area (Å²) in [7, 11) is 0. The Morgan fingerprint density at radius 2 is 2.17 bits per heavy atom. The topological polar surface area (TPSA) is 39.1 Å². The fourth-order valence-corrected chi connectivity index (χ4v) is 1.78. The Bertz CT molecular complexity index is 323. The van der Waals surface area contributed by atoms with Gasteiger partial charge in [-0.25, -0.2) is 0 Å². The molecule has 1 aromatic rings. The van der Waals surface area contributed by atoms with Gasteiger partial charge in [-0.15, -0.1) is 0 Å². The molecular formula is C14H27N3O. The molecule has 1 heterocycles. The third-order valence-electron chi connectivity index (χ3n) is 3.02. The molecule has 0 saturated heterocycles. The molecule has 1 aromatic heterocycles. The van der Waals surface area contributed by atoms with Gasteiger partial charge in [0.15, 0.2) is 0 Å². The number of hydrogen-bond donors (Lipinski definition) is 1. The maximum atomic E-state index is 5.50. The van der Waals surface area contributed by atoms with Crippen molar-refractivity contribution >= 4 is 0 Å². The van der Waals surface area contributed by atoms with Gasteiger partial charge < -0.3 is 10.1 Å². The molecule has 104 valence electrons. The van der Waals surface area contributed by atoms with Crippen molar-refractivity contribution in [3.8, 4) is 0 Å². The fourth-order valence-electron chi connectivity index (χ4n) is 1.78. The summed E-state index contributed by atoms with van der Waals surface area (Å²) in [5, 5.41) is 7.82. The molecule has 0 aromatic carbocycles. The second-order valence-corrected chi connectivity index (χ2v) is 4.97. The summed E-state index contributed by atoms with van der Waals surface area (Å²) in [6.45, 7) is 11.2. The summed E-state index contributed by atoms with van der Waals surface area (Å²) in [4.78, 5) is 0. The standard InChI is InChI=1S/C14H27N3O/c1-5-13(4)17-14(7-9-16-17)11-15-8-6-10-18-12(2)3/h7,9,12-13,15H,5-6,8,10-11H2,1-4H3/t13-/m1/s1. The van der Waals surface area contributed by atoms with Crippen LogP contribution < -0.4 is 5.32 Å². The highest BCUT2D eigenvalue weighted by molar-refractivity contribution is 5.01. The summed E-state index contributed by atoms with van der Waals surface area (Å²) in [6.07, 6.45) is 4.37. The minimum absolute atomic E-state index is 0.330. The van der Waals surface area contributed by atoms with Gasteiger partial charge in [0, 0.05) is 25.4 Å². The summed E-state index contributed by atoms with van der Waals surface area (Å²) in [5.74, 6) is 0. The normalized spacial score (nSPS) is 13.2. The van der Waals surface area contributed by atoms with E-state index in [0.29, 0.717) is 12.1 Å². The minimum Gasteiger partial charge on any atom is -0.379 e. The first-order valence-electron chi connectivity index (χ1n) is 6.99. The summed E-state index contributed by atoms with van der Waals surface area (Å²) in [6, 6.07) is 2.56. The molecule has 18 heavy (non-hydrogen) atoms. The van der Waals surface area contributed by atoms with E-state index in [1.807, 2.05) is 6.20 Å². The maximum Gasteiger partial charge on any atom is 0.0525 e. The fraction of sp³-hybridized carbons (Fsp3) is 0.786. The number of nitrogens with zero attached hydrogens (tertiary/aromatic N) is 2. The van der Waals surface area contributed by atoms with E-state index in [1.54, 1.807) is 0 Å². The van der Waals surface area contributed by atoms with Gasteiger partial charge >= 0.3 is 0 Å². The Morgan fingerprint density at radius 1 is 1.39 bits per heavy atom. The Kier molecular flexibility index (Phi) is 6.98. The Balaban J connectivity index is 2.21. The van der Waals surface area contributed by atoms with Gasteiger partial charge in [0.05, 0.1) is 11.8 Å². The maximum absolute atomic E-state index is 5.50. The highest BCUT2D eigenvalue weighted by Crippen LogP contribution is 2.11. The molecule has 0 spiro atoms. The molecule has 0 saturated carbocycles. The van der Waals surface area contributed by atoms with Crippen molar-refractivity contribution in [1.82, 2.24) is 15.1 Å². The first-order chi connectivity index (χ1) is 8.65. The van der Waals surface area contributed by atoms with Crippen molar-refractivity contribution in [3.05, 3.63) is 18.0 Å². The van der Waals surface area contributed by atoms with Gasteiger partial charge in [-0.2, -0.15) is 5.10 Å². The van der Waals surface area contributed by atoms with Crippen molar-refractivity contribution in [3.63, 3.8) is 0 Å². The molecule has 0 bridgehead atoms. The second-order valence-electron chi connectivity index (χ2n) is 4.97. The third kappa shape index (κ3) is 5.19. The van der Waals surface area contributed by atoms with Crippen LogP contribution in [0.2, 0.25) is 0 Å². The van der Waals surface area contributed by atoms with Crippen LogP contribution in [0.3, 0.4) is 0 Å². The lowest BCUT2D eigenvalue weighted by molar-refractivity contribution is 0.0770. The molecule has 0 aliphatic heterocycles. The SMILES string of the molecule is CC[C@@H](C)n1nccc1CNCCCOC(C)C. The van der Waals surface area contributed by atoms with E-state index in [1.165, 1.54) is 5.69 Å². The quantitative estimate of drug-likeness (QED) is 0.688. The van der Waals surface area contributed by atoms with E-state index in [9.17, 15) is 0 Å². The predicted molar refractivity (Wildman–Crippen MR) is 74.6 cm³/mol. The van der Waals surface area contributed by atoms with Crippen molar-refractivity contribution in [2.75, 3.05) is 13.2 Å². The van der Waals surface area contributed by atoms with Gasteiger partial charge in [0.2, 0.25) is 0 Å². The van der Waals surface area contributed by atoms with Crippen LogP contribution in [0.1, 0.15) is 52.3 Å². The molecule has 4 nitrogen and oxygen atoms in total. The molecule has 0 amide bonds. The molecule has 4 heteroatoms. The van der Waals surface area contributed by atoms with Crippen LogP contribution in [0.25, 0.3) is 0 Å². The van der Waals surface area contributed by atoms with Gasteiger partial charge in [0.1, 0.15) is 0 Å². The third-order valence-corrected chi connectivity index (χ3v) is 3.02. The van der Waals surface area contributed by atoms with Gasteiger partial charge in [-0.05, 0) is 46.2 Å². The number of aromatic nitrogens is 2. The van der Waals surface area contributed by atoms with Crippen LogP contribution in [-0.2, 0) is 11.3 Å². The van der Waals surface area contributed by atoms with Crippen LogP contribution in [0.15, 0.2) is 12.3 Å². The number of hydrogen-bond acceptors (Lipinski definition) is 3. The van der Waals surface area contributed by atoms with E-state index in [-0.39, 0.29) is 0 Å². The minimum atomic E-state index is 0.330. The molecule has 1 atom stereocenters. The van der Waals surface area contributed by atoms with Crippen LogP contribution in [-0.4, -0.2) is 29.0 Å². The smallest absolute Gasteiger partial charge is 0.0525 e. The van der Waals surface area contributed by atoms with Gasteiger partial charge in [-0.3, -0.25) is 4.68 Å². The van der Waals surface area contributed by atoms with Crippen molar-refractivity contribution < 1.29 is 4.74 Å². The largest absolute Gasteiger partial charge is 0.379 e. The van der Waals surface area contributed by atoms with E-state index < -0.39 is 0 Å². The number of ether oxygens (including phenoxy) is 1. The first-order valence-corrected chi connectivity index (χ1v) is 6.99. The summed E-state index contributed by atoms with van der Waals surface area (Å²) in [5.41, 5.74) is 1.26. The Labute approximate surface area is 111 Å². The van der Waals surface area contributed by atoms with Crippen LogP contribution in [0, 0.1) is 0 Å². The molecule has 0 aliphatic rings. The van der Waals surface area contributed by atoms with Crippen LogP contribution >= 0.6 is 0 Å². The molecule has 0 fully saturated rings. The zero-order valence-electron chi connectivity index (χ0n) is 12.1. The van der Waals surface area contributed by atoms with E-state index in [2.05, 4.69) is 48.9 Å². The molecular weight excluding hydrogens is 226 g/mol. The first kappa shape index (κ1) is 15.2. The number of rotatable bonds is 9. The zero-order chi connectivity index (χ0) is 13.4. The highest BCUT2D eigenvalue weighted by Gasteiger charge is 2.07. The van der Waals surface area contributed by atoms with Crippen molar-refractivity contribution in [1.29, 1.82) is 0 Å².